The fourth-order valence-electron chi connectivity index (χ4n) is 2.95. The van der Waals surface area contributed by atoms with Crippen LogP contribution in [-0.4, -0.2) is 40.4 Å². The fraction of sp³-hybridized carbons (Fsp3) is 0.400. The molecule has 124 valence electrons. The first-order chi connectivity index (χ1) is 11.0. The summed E-state index contributed by atoms with van der Waals surface area (Å²) in [4.78, 5) is 2.25. The third-order valence-corrected chi connectivity index (χ3v) is 3.79. The minimum atomic E-state index is -0.794. The van der Waals surface area contributed by atoms with Crippen molar-refractivity contribution in [3.63, 3.8) is 0 Å². The van der Waals surface area contributed by atoms with Gasteiger partial charge in [0.05, 0.1) is 11.6 Å². The molecule has 3 heteroatoms. The van der Waals surface area contributed by atoms with Crippen molar-refractivity contribution in [1.29, 1.82) is 0 Å². The molecule has 2 aromatic carbocycles. The molecule has 0 saturated heterocycles. The van der Waals surface area contributed by atoms with Crippen molar-refractivity contribution >= 4 is 0 Å². The zero-order valence-electron chi connectivity index (χ0n) is 14.0. The Kier molecular flexibility index (Phi) is 6.34. The second kappa shape index (κ2) is 8.25. The standard InChI is InChI=1S/C20H27NO2/c1-20(2,23)16-21(14-9-15-22)19(17-10-5-3-6-11-17)18-12-7-4-8-13-18/h3-8,10-13,19,22-23H,9,14-16H2,1-2H3. The van der Waals surface area contributed by atoms with Crippen LogP contribution in [0.4, 0.5) is 0 Å². The molecule has 0 aliphatic carbocycles. The van der Waals surface area contributed by atoms with Gasteiger partial charge in [0.1, 0.15) is 0 Å². The van der Waals surface area contributed by atoms with Crippen molar-refractivity contribution in [3.8, 4) is 0 Å². The van der Waals surface area contributed by atoms with Gasteiger partial charge in [-0.25, -0.2) is 0 Å². The highest BCUT2D eigenvalue weighted by Gasteiger charge is 2.26. The first kappa shape index (κ1) is 17.7. The molecule has 0 spiro atoms. The fourth-order valence-corrected chi connectivity index (χ4v) is 2.95. The van der Waals surface area contributed by atoms with Crippen LogP contribution in [0.5, 0.6) is 0 Å². The van der Waals surface area contributed by atoms with Gasteiger partial charge in [0.15, 0.2) is 0 Å². The van der Waals surface area contributed by atoms with Crippen LogP contribution >= 0.6 is 0 Å². The molecular formula is C20H27NO2. The molecule has 0 aromatic heterocycles. The van der Waals surface area contributed by atoms with E-state index in [2.05, 4.69) is 29.2 Å². The maximum Gasteiger partial charge on any atom is 0.0718 e. The second-order valence-corrected chi connectivity index (χ2v) is 6.58. The average Bonchev–Trinajstić information content (AvgIpc) is 2.53. The highest BCUT2D eigenvalue weighted by molar-refractivity contribution is 5.31. The van der Waals surface area contributed by atoms with E-state index in [1.165, 1.54) is 11.1 Å². The van der Waals surface area contributed by atoms with E-state index in [4.69, 9.17) is 0 Å². The van der Waals surface area contributed by atoms with Gasteiger partial charge in [-0.2, -0.15) is 0 Å². The number of nitrogens with zero attached hydrogens (tertiary/aromatic N) is 1. The van der Waals surface area contributed by atoms with Gasteiger partial charge in [0.2, 0.25) is 0 Å². The Morgan fingerprint density at radius 1 is 0.913 bits per heavy atom. The summed E-state index contributed by atoms with van der Waals surface area (Å²) in [5.74, 6) is 0. The predicted molar refractivity (Wildman–Crippen MR) is 94.3 cm³/mol. The molecule has 3 nitrogen and oxygen atoms in total. The summed E-state index contributed by atoms with van der Waals surface area (Å²) in [6.45, 7) is 5.08. The zero-order chi connectivity index (χ0) is 16.7. The first-order valence-corrected chi connectivity index (χ1v) is 8.18. The van der Waals surface area contributed by atoms with E-state index in [1.54, 1.807) is 0 Å². The average molecular weight is 313 g/mol. The number of aliphatic hydroxyl groups is 2. The van der Waals surface area contributed by atoms with Crippen molar-refractivity contribution in [1.82, 2.24) is 4.90 Å². The summed E-state index contributed by atoms with van der Waals surface area (Å²) < 4.78 is 0. The lowest BCUT2D eigenvalue weighted by Crippen LogP contribution is -2.42. The van der Waals surface area contributed by atoms with E-state index < -0.39 is 5.60 Å². The Bertz CT molecular complexity index is 524. The minimum absolute atomic E-state index is 0.0652. The van der Waals surface area contributed by atoms with Gasteiger partial charge in [-0.3, -0.25) is 4.90 Å². The van der Waals surface area contributed by atoms with Crippen molar-refractivity contribution in [3.05, 3.63) is 71.8 Å². The number of hydrogen-bond acceptors (Lipinski definition) is 3. The molecule has 2 aromatic rings. The van der Waals surface area contributed by atoms with Gasteiger partial charge >= 0.3 is 0 Å². The van der Waals surface area contributed by atoms with Crippen LogP contribution in [0.25, 0.3) is 0 Å². The molecule has 2 rings (SSSR count). The van der Waals surface area contributed by atoms with Crippen LogP contribution < -0.4 is 0 Å². The molecule has 0 amide bonds. The van der Waals surface area contributed by atoms with Crippen LogP contribution in [0, 0.1) is 0 Å². The summed E-state index contributed by atoms with van der Waals surface area (Å²) in [7, 11) is 0. The van der Waals surface area contributed by atoms with Gasteiger partial charge in [0.25, 0.3) is 0 Å². The third-order valence-electron chi connectivity index (χ3n) is 3.79. The number of rotatable bonds is 8. The summed E-state index contributed by atoms with van der Waals surface area (Å²) in [6, 6.07) is 20.7. The molecule has 0 fully saturated rings. The predicted octanol–water partition coefficient (Wildman–Crippen LogP) is 3.23. The highest BCUT2D eigenvalue weighted by Crippen LogP contribution is 2.30. The molecule has 0 atom stereocenters. The van der Waals surface area contributed by atoms with E-state index in [0.29, 0.717) is 13.0 Å². The lowest BCUT2D eigenvalue weighted by Gasteiger charge is -2.36. The normalized spacial score (nSPS) is 12.1. The van der Waals surface area contributed by atoms with Gasteiger partial charge < -0.3 is 10.2 Å². The van der Waals surface area contributed by atoms with E-state index in [0.717, 1.165) is 6.54 Å². The molecular weight excluding hydrogens is 286 g/mol. The van der Waals surface area contributed by atoms with Crippen LogP contribution in [0.1, 0.15) is 37.4 Å². The lowest BCUT2D eigenvalue weighted by atomic mass is 9.95. The van der Waals surface area contributed by atoms with Gasteiger partial charge in [-0.15, -0.1) is 0 Å². The number of aliphatic hydroxyl groups excluding tert-OH is 1. The van der Waals surface area contributed by atoms with Crippen LogP contribution in [0.2, 0.25) is 0 Å². The Labute approximate surface area is 139 Å². The van der Waals surface area contributed by atoms with E-state index in [-0.39, 0.29) is 12.6 Å². The summed E-state index contributed by atoms with van der Waals surface area (Å²) in [6.07, 6.45) is 0.687. The largest absolute Gasteiger partial charge is 0.396 e. The first-order valence-electron chi connectivity index (χ1n) is 8.18. The minimum Gasteiger partial charge on any atom is -0.396 e. The highest BCUT2D eigenvalue weighted by atomic mass is 16.3. The quantitative estimate of drug-likeness (QED) is 0.786. The van der Waals surface area contributed by atoms with Crippen molar-refractivity contribution in [2.45, 2.75) is 31.9 Å². The Morgan fingerprint density at radius 3 is 1.78 bits per heavy atom. The maximum atomic E-state index is 10.3. The van der Waals surface area contributed by atoms with E-state index >= 15 is 0 Å². The maximum absolute atomic E-state index is 10.3. The van der Waals surface area contributed by atoms with Gasteiger partial charge in [-0.05, 0) is 31.4 Å². The smallest absolute Gasteiger partial charge is 0.0718 e. The molecule has 0 radical (unpaired) electrons. The third kappa shape index (κ3) is 5.47. The second-order valence-electron chi connectivity index (χ2n) is 6.58. The van der Waals surface area contributed by atoms with Crippen molar-refractivity contribution in [2.24, 2.45) is 0 Å². The molecule has 23 heavy (non-hydrogen) atoms. The Balaban J connectivity index is 2.40. The molecule has 0 saturated carbocycles. The molecule has 2 N–H and O–H groups in total. The van der Waals surface area contributed by atoms with Crippen molar-refractivity contribution in [2.75, 3.05) is 19.7 Å². The van der Waals surface area contributed by atoms with Crippen molar-refractivity contribution < 1.29 is 10.2 Å². The number of hydrogen-bond donors (Lipinski definition) is 2. The molecule has 0 aliphatic rings. The summed E-state index contributed by atoms with van der Waals surface area (Å²) in [5.41, 5.74) is 1.60. The van der Waals surface area contributed by atoms with Crippen LogP contribution in [0.15, 0.2) is 60.7 Å². The number of benzene rings is 2. The van der Waals surface area contributed by atoms with E-state index in [1.807, 2.05) is 50.2 Å². The van der Waals surface area contributed by atoms with Gasteiger partial charge in [0, 0.05) is 19.7 Å². The van der Waals surface area contributed by atoms with Gasteiger partial charge in [-0.1, -0.05) is 60.7 Å². The Hall–Kier alpha value is -1.68. The van der Waals surface area contributed by atoms with Crippen LogP contribution in [-0.2, 0) is 0 Å². The Morgan fingerprint density at radius 2 is 1.39 bits per heavy atom. The summed E-state index contributed by atoms with van der Waals surface area (Å²) in [5, 5.41) is 19.6. The molecule has 0 bridgehead atoms. The molecule has 0 heterocycles. The van der Waals surface area contributed by atoms with E-state index in [9.17, 15) is 10.2 Å². The summed E-state index contributed by atoms with van der Waals surface area (Å²) >= 11 is 0. The van der Waals surface area contributed by atoms with Crippen LogP contribution in [0.3, 0.4) is 0 Å². The SMILES string of the molecule is CC(C)(O)CN(CCCO)C(c1ccccc1)c1ccccc1. The topological polar surface area (TPSA) is 43.7 Å². The zero-order valence-corrected chi connectivity index (χ0v) is 14.0. The lowest BCUT2D eigenvalue weighted by molar-refractivity contribution is 0.0238. The molecule has 0 aliphatic heterocycles. The monoisotopic (exact) mass is 313 g/mol. The molecule has 0 unspecified atom stereocenters.